The topological polar surface area (TPSA) is 160 Å². The number of aromatic nitrogens is 2. The molecule has 3 aromatic heterocycles. The zero-order chi connectivity index (χ0) is 37.4. The van der Waals surface area contributed by atoms with Crippen LogP contribution < -0.4 is 15.4 Å². The van der Waals surface area contributed by atoms with E-state index in [4.69, 9.17) is 9.47 Å². The van der Waals surface area contributed by atoms with E-state index < -0.39 is 46.6 Å². The monoisotopic (exact) mass is 771 g/mol. The molecule has 0 aliphatic rings. The van der Waals surface area contributed by atoms with Gasteiger partial charge in [0.05, 0.1) is 54.0 Å². The molecule has 3 aromatic carbocycles. The molecule has 3 heterocycles. The number of ether oxygens (including phenoxy) is 2. The Morgan fingerprint density at radius 3 is 2.28 bits per heavy atom. The fourth-order valence-corrected chi connectivity index (χ4v) is 9.43. The lowest BCUT2D eigenvalue weighted by atomic mass is 9.84. The van der Waals surface area contributed by atoms with Gasteiger partial charge in [0.2, 0.25) is 21.8 Å². The molecule has 3 N–H and O–H groups in total. The number of aliphatic hydroxyl groups is 1. The summed E-state index contributed by atoms with van der Waals surface area (Å²) in [6.45, 7) is -0.611. The largest absolute Gasteiger partial charge is 0.481 e. The molecule has 15 heteroatoms. The lowest BCUT2D eigenvalue weighted by Crippen LogP contribution is -2.50. The number of pyridine rings is 1. The number of carbonyl (C=O) groups excluding carboxylic acids is 2. The first kappa shape index (κ1) is 37.6. The van der Waals surface area contributed by atoms with Crippen LogP contribution in [0.5, 0.6) is 5.88 Å². The van der Waals surface area contributed by atoms with Gasteiger partial charge in [-0.25, -0.2) is 23.2 Å². The van der Waals surface area contributed by atoms with Crippen molar-refractivity contribution in [2.75, 3.05) is 20.8 Å². The van der Waals surface area contributed by atoms with Gasteiger partial charge in [0.1, 0.15) is 6.04 Å². The quantitative estimate of drug-likeness (QED) is 0.116. The summed E-state index contributed by atoms with van der Waals surface area (Å²) in [5.41, 5.74) is 4.34. The average molecular weight is 772 g/mol. The van der Waals surface area contributed by atoms with Gasteiger partial charge in [0.25, 0.3) is 0 Å². The second-order valence-electron chi connectivity index (χ2n) is 11.8. The van der Waals surface area contributed by atoms with Gasteiger partial charge in [-0.2, -0.15) is 4.31 Å². The normalized spacial score (nSPS) is 12.8. The van der Waals surface area contributed by atoms with Crippen molar-refractivity contribution in [2.24, 2.45) is 0 Å². The number of amides is 2. The number of nitrogens with zero attached hydrogens (tertiary/aromatic N) is 3. The van der Waals surface area contributed by atoms with E-state index in [1.54, 1.807) is 42.0 Å². The van der Waals surface area contributed by atoms with Crippen LogP contribution in [0.1, 0.15) is 38.4 Å². The van der Waals surface area contributed by atoms with Crippen LogP contribution in [-0.4, -0.2) is 66.7 Å². The van der Waals surface area contributed by atoms with E-state index in [0.717, 1.165) is 15.8 Å². The van der Waals surface area contributed by atoms with Crippen molar-refractivity contribution in [1.82, 2.24) is 24.9 Å². The fraction of sp³-hybridized carbons (Fsp3) is 0.211. The summed E-state index contributed by atoms with van der Waals surface area (Å²) in [7, 11) is -1.53. The Kier molecular flexibility index (Phi) is 12.1. The van der Waals surface area contributed by atoms with Crippen molar-refractivity contribution in [3.05, 3.63) is 141 Å². The van der Waals surface area contributed by atoms with Crippen LogP contribution in [0, 0.1) is 0 Å². The zero-order valence-corrected chi connectivity index (χ0v) is 31.2. The van der Waals surface area contributed by atoms with Crippen LogP contribution in [0.2, 0.25) is 0 Å². The number of nitrogens with one attached hydrogen (secondary N) is 2. The highest BCUT2D eigenvalue weighted by molar-refractivity contribution is 7.89. The maximum absolute atomic E-state index is 14.4. The number of methoxy groups -OCH3 is 2. The molecule has 6 aromatic rings. The molecule has 0 spiro atoms. The Morgan fingerprint density at radius 1 is 0.906 bits per heavy atom. The van der Waals surface area contributed by atoms with Gasteiger partial charge in [0, 0.05) is 34.0 Å². The van der Waals surface area contributed by atoms with Gasteiger partial charge in [0.15, 0.2) is 0 Å². The SMILES string of the molecule is COC(=O)N[C@H](C(=O)NCc1ccc(C(CO)N(Cc2cccnc2OC)S(=O)(=O)c2ccc3scnc3c2)s1)C(c1ccccc1)c1ccccc1. The van der Waals surface area contributed by atoms with Crippen molar-refractivity contribution in [3.8, 4) is 5.88 Å². The standard InChI is InChI=1S/C38H37N5O7S3/c1-49-37-27(14-9-19-39-37)22-43(53(47,48)29-16-18-32-30(20-29)41-24-51-32)31(23-44)33-17-15-28(52-33)21-40-36(45)35(42-38(46)50-2)34(25-10-5-3-6-11-25)26-12-7-4-8-13-26/h3-20,24,31,34-35,44H,21-23H2,1-2H3,(H,40,45)(H,42,46)/t31?,35-/m0/s1. The van der Waals surface area contributed by atoms with E-state index in [1.807, 2.05) is 60.7 Å². The summed E-state index contributed by atoms with van der Waals surface area (Å²) in [4.78, 5) is 36.3. The third-order valence-corrected chi connectivity index (χ3v) is 12.5. The number of aliphatic hydroxyl groups excluding tert-OH is 1. The van der Waals surface area contributed by atoms with Crippen molar-refractivity contribution in [2.45, 2.75) is 36.0 Å². The molecule has 6 rings (SSSR count). The summed E-state index contributed by atoms with van der Waals surface area (Å²) in [6.07, 6.45) is 0.792. The summed E-state index contributed by atoms with van der Waals surface area (Å²) < 4.78 is 41.2. The Labute approximate surface area is 315 Å². The predicted octanol–water partition coefficient (Wildman–Crippen LogP) is 5.86. The molecular weight excluding hydrogens is 735 g/mol. The first-order valence-corrected chi connectivity index (χ1v) is 19.6. The smallest absolute Gasteiger partial charge is 0.407 e. The molecular formula is C38H37N5O7S3. The molecule has 0 aliphatic carbocycles. The number of hydrogen-bond acceptors (Lipinski definition) is 11. The van der Waals surface area contributed by atoms with Crippen LogP contribution >= 0.6 is 22.7 Å². The molecule has 0 bridgehead atoms. The maximum atomic E-state index is 14.4. The second kappa shape index (κ2) is 17.1. The molecule has 2 amide bonds. The van der Waals surface area contributed by atoms with E-state index in [2.05, 4.69) is 20.6 Å². The highest BCUT2D eigenvalue weighted by Gasteiger charge is 2.35. The van der Waals surface area contributed by atoms with Gasteiger partial charge in [-0.05, 0) is 47.5 Å². The first-order chi connectivity index (χ1) is 25.7. The molecule has 0 aliphatic heterocycles. The molecule has 0 saturated heterocycles. The number of alkyl carbamates (subject to hydrolysis) is 1. The molecule has 12 nitrogen and oxygen atoms in total. The Bertz CT molecular complexity index is 2230. The van der Waals surface area contributed by atoms with Gasteiger partial charge < -0.3 is 25.2 Å². The fourth-order valence-electron chi connectivity index (χ4n) is 6.05. The molecule has 274 valence electrons. The zero-order valence-electron chi connectivity index (χ0n) is 28.8. The van der Waals surface area contributed by atoms with E-state index in [1.165, 1.54) is 53.3 Å². The average Bonchev–Trinajstić information content (AvgIpc) is 3.87. The van der Waals surface area contributed by atoms with Gasteiger partial charge in [-0.15, -0.1) is 22.7 Å². The number of fused-ring (bicyclic) bond motifs is 1. The van der Waals surface area contributed by atoms with E-state index >= 15 is 0 Å². The number of carbonyl (C=O) groups is 2. The van der Waals surface area contributed by atoms with Crippen LogP contribution in [0.3, 0.4) is 0 Å². The van der Waals surface area contributed by atoms with E-state index in [9.17, 15) is 23.1 Å². The van der Waals surface area contributed by atoms with Gasteiger partial charge in [-0.3, -0.25) is 4.79 Å². The number of benzene rings is 3. The Morgan fingerprint density at radius 2 is 1.62 bits per heavy atom. The highest BCUT2D eigenvalue weighted by Crippen LogP contribution is 2.36. The third-order valence-electron chi connectivity index (χ3n) is 8.64. The Balaban J connectivity index is 1.29. The summed E-state index contributed by atoms with van der Waals surface area (Å²) in [5.74, 6) is -0.735. The van der Waals surface area contributed by atoms with E-state index in [0.29, 0.717) is 20.8 Å². The minimum absolute atomic E-state index is 0.0248. The van der Waals surface area contributed by atoms with Crippen molar-refractivity contribution in [1.29, 1.82) is 0 Å². The summed E-state index contributed by atoms with van der Waals surface area (Å²) in [6, 6.07) is 28.5. The van der Waals surface area contributed by atoms with Crippen LogP contribution in [0.4, 0.5) is 4.79 Å². The number of sulfonamides is 1. The molecule has 0 radical (unpaired) electrons. The molecule has 1 unspecified atom stereocenters. The third kappa shape index (κ3) is 8.56. The number of thiophene rings is 1. The molecule has 53 heavy (non-hydrogen) atoms. The van der Waals surface area contributed by atoms with Crippen molar-refractivity contribution in [3.63, 3.8) is 0 Å². The second-order valence-corrected chi connectivity index (χ2v) is 15.8. The van der Waals surface area contributed by atoms with Gasteiger partial charge in [-0.1, -0.05) is 66.7 Å². The van der Waals surface area contributed by atoms with Crippen LogP contribution in [0.15, 0.2) is 120 Å². The number of rotatable bonds is 15. The molecule has 0 fully saturated rings. The molecule has 2 atom stereocenters. The maximum Gasteiger partial charge on any atom is 0.407 e. The van der Waals surface area contributed by atoms with Gasteiger partial charge >= 0.3 is 6.09 Å². The summed E-state index contributed by atoms with van der Waals surface area (Å²) in [5, 5.41) is 16.5. The van der Waals surface area contributed by atoms with Crippen LogP contribution in [-0.2, 0) is 32.6 Å². The van der Waals surface area contributed by atoms with E-state index in [-0.39, 0.29) is 23.9 Å². The molecule has 0 saturated carbocycles. The minimum atomic E-state index is -4.22. The predicted molar refractivity (Wildman–Crippen MR) is 203 cm³/mol. The lowest BCUT2D eigenvalue weighted by Gasteiger charge is -2.29. The van der Waals surface area contributed by atoms with Crippen molar-refractivity contribution < 1.29 is 32.6 Å². The van der Waals surface area contributed by atoms with Crippen LogP contribution in [0.25, 0.3) is 10.2 Å². The minimum Gasteiger partial charge on any atom is -0.481 e. The first-order valence-electron chi connectivity index (χ1n) is 16.5. The summed E-state index contributed by atoms with van der Waals surface area (Å²) >= 11 is 2.66. The Hall–Kier alpha value is -5.19. The van der Waals surface area contributed by atoms with Crippen molar-refractivity contribution >= 4 is 54.9 Å². The number of thiazole rings is 1. The lowest BCUT2D eigenvalue weighted by molar-refractivity contribution is -0.123. The number of hydrogen-bond donors (Lipinski definition) is 3. The highest BCUT2D eigenvalue weighted by atomic mass is 32.2.